The molecular weight excluding hydrogens is 480 g/mol. The van der Waals surface area contributed by atoms with Gasteiger partial charge in [-0.25, -0.2) is 4.79 Å². The largest absolute Gasteiger partial charge is 0.472 e. The number of ether oxygens (including phenoxy) is 1. The molecule has 0 saturated carbocycles. The number of likely N-dealkylation sites (tertiary alicyclic amines) is 2. The van der Waals surface area contributed by atoms with E-state index in [9.17, 15) is 9.59 Å². The van der Waals surface area contributed by atoms with Crippen molar-refractivity contribution in [2.75, 3.05) is 45.8 Å². The number of hydrogen-bond acceptors (Lipinski definition) is 6. The molecule has 0 aliphatic carbocycles. The molecule has 0 bridgehead atoms. The first-order valence-corrected chi connectivity index (χ1v) is 14.1. The molecule has 3 aliphatic heterocycles. The van der Waals surface area contributed by atoms with Gasteiger partial charge in [0.15, 0.2) is 0 Å². The molecule has 3 aliphatic rings. The van der Waals surface area contributed by atoms with Gasteiger partial charge in [-0.3, -0.25) is 14.6 Å². The van der Waals surface area contributed by atoms with E-state index in [4.69, 9.17) is 9.15 Å². The van der Waals surface area contributed by atoms with Crippen LogP contribution in [0.1, 0.15) is 56.0 Å². The SMILES string of the molecule is CC(C)(C)OC(=O)N1CCC(N2CCN(C3CCN(C(=O)c4ccoc4)C3)CC2)CC1Cc1ccccc1. The predicted molar refractivity (Wildman–Crippen MR) is 146 cm³/mol. The lowest BCUT2D eigenvalue weighted by Gasteiger charge is -2.47. The molecule has 5 rings (SSSR count). The molecule has 3 fully saturated rings. The number of nitrogens with zero attached hydrogens (tertiary/aromatic N) is 4. The maximum absolute atomic E-state index is 13.1. The lowest BCUT2D eigenvalue weighted by molar-refractivity contribution is -0.00850. The van der Waals surface area contributed by atoms with Crippen molar-refractivity contribution < 1.29 is 18.7 Å². The zero-order valence-corrected chi connectivity index (χ0v) is 23.1. The Balaban J connectivity index is 1.16. The van der Waals surface area contributed by atoms with Gasteiger partial charge < -0.3 is 19.0 Å². The molecule has 0 radical (unpaired) electrons. The lowest BCUT2D eigenvalue weighted by Crippen LogP contribution is -2.58. The predicted octanol–water partition coefficient (Wildman–Crippen LogP) is 4.12. The van der Waals surface area contributed by atoms with E-state index in [1.165, 1.54) is 11.8 Å². The van der Waals surface area contributed by atoms with Crippen LogP contribution in [0.4, 0.5) is 4.79 Å². The number of benzene rings is 1. The van der Waals surface area contributed by atoms with E-state index in [1.807, 2.05) is 36.6 Å². The van der Waals surface area contributed by atoms with E-state index in [0.717, 1.165) is 71.5 Å². The number of carbonyl (C=O) groups is 2. The minimum absolute atomic E-state index is 0.0705. The highest BCUT2D eigenvalue weighted by molar-refractivity contribution is 5.94. The Morgan fingerprint density at radius 3 is 2.26 bits per heavy atom. The normalized spacial score (nSPS) is 25.5. The van der Waals surface area contributed by atoms with Gasteiger partial charge in [0, 0.05) is 63.9 Å². The first-order valence-electron chi connectivity index (χ1n) is 14.1. The van der Waals surface area contributed by atoms with Gasteiger partial charge in [-0.05, 0) is 58.1 Å². The standard InChI is InChI=1S/C30H42N4O4/c1-30(2,3)38-29(36)34-13-10-25(20-27(34)19-23-7-5-4-6-8-23)31-14-16-32(17-15-31)26-9-12-33(21-26)28(35)24-11-18-37-22-24/h4-8,11,18,22,25-27H,9-10,12-17,19-21H2,1-3H3. The van der Waals surface area contributed by atoms with E-state index in [1.54, 1.807) is 12.3 Å². The van der Waals surface area contributed by atoms with Crippen molar-refractivity contribution in [1.29, 1.82) is 0 Å². The third kappa shape index (κ3) is 6.41. The van der Waals surface area contributed by atoms with Crippen LogP contribution in [-0.2, 0) is 11.2 Å². The molecular formula is C30H42N4O4. The van der Waals surface area contributed by atoms with Crippen molar-refractivity contribution in [3.63, 3.8) is 0 Å². The zero-order valence-electron chi connectivity index (χ0n) is 23.1. The summed E-state index contributed by atoms with van der Waals surface area (Å²) in [5.41, 5.74) is 1.39. The van der Waals surface area contributed by atoms with Crippen LogP contribution in [-0.4, -0.2) is 101 Å². The molecule has 2 aromatic rings. The Hall–Kier alpha value is -2.84. The summed E-state index contributed by atoms with van der Waals surface area (Å²) in [6.07, 6.45) is 6.70. The van der Waals surface area contributed by atoms with Crippen LogP contribution in [0, 0.1) is 0 Å². The summed E-state index contributed by atoms with van der Waals surface area (Å²) in [6.45, 7) is 12.2. The minimum atomic E-state index is -0.499. The fraction of sp³-hybridized carbons (Fsp3) is 0.600. The van der Waals surface area contributed by atoms with Gasteiger partial charge >= 0.3 is 6.09 Å². The summed E-state index contributed by atoms with van der Waals surface area (Å²) in [7, 11) is 0. The number of amides is 2. The summed E-state index contributed by atoms with van der Waals surface area (Å²) < 4.78 is 10.9. The molecule has 3 atom stereocenters. The van der Waals surface area contributed by atoms with Crippen molar-refractivity contribution in [1.82, 2.24) is 19.6 Å². The summed E-state index contributed by atoms with van der Waals surface area (Å²) >= 11 is 0. The van der Waals surface area contributed by atoms with Gasteiger partial charge in [0.1, 0.15) is 11.9 Å². The first-order chi connectivity index (χ1) is 18.3. The molecule has 1 aromatic carbocycles. The van der Waals surface area contributed by atoms with E-state index >= 15 is 0 Å². The van der Waals surface area contributed by atoms with Crippen LogP contribution < -0.4 is 0 Å². The van der Waals surface area contributed by atoms with Gasteiger partial charge in [0.05, 0.1) is 11.8 Å². The fourth-order valence-electron chi connectivity index (χ4n) is 6.26. The van der Waals surface area contributed by atoms with Gasteiger partial charge in [0.25, 0.3) is 5.91 Å². The highest BCUT2D eigenvalue weighted by atomic mass is 16.6. The van der Waals surface area contributed by atoms with Gasteiger partial charge in [-0.15, -0.1) is 0 Å². The number of furan rings is 1. The highest BCUT2D eigenvalue weighted by Gasteiger charge is 2.38. The Kier molecular flexibility index (Phi) is 8.09. The number of hydrogen-bond donors (Lipinski definition) is 0. The monoisotopic (exact) mass is 522 g/mol. The number of piperidine rings is 1. The number of piperazine rings is 1. The van der Waals surface area contributed by atoms with Crippen LogP contribution in [0.15, 0.2) is 53.3 Å². The summed E-state index contributed by atoms with van der Waals surface area (Å²) in [5, 5.41) is 0. The Labute approximate surface area is 226 Å². The summed E-state index contributed by atoms with van der Waals surface area (Å²) in [5.74, 6) is 0.0705. The maximum atomic E-state index is 13.1. The van der Waals surface area contributed by atoms with Crippen LogP contribution in [0.2, 0.25) is 0 Å². The Morgan fingerprint density at radius 1 is 0.921 bits per heavy atom. The smallest absolute Gasteiger partial charge is 0.410 e. The molecule has 1 aromatic heterocycles. The highest BCUT2D eigenvalue weighted by Crippen LogP contribution is 2.28. The van der Waals surface area contributed by atoms with Crippen molar-refractivity contribution in [2.24, 2.45) is 0 Å². The molecule has 2 amide bonds. The second kappa shape index (κ2) is 11.5. The molecule has 8 nitrogen and oxygen atoms in total. The Bertz CT molecular complexity index is 1060. The van der Waals surface area contributed by atoms with Crippen LogP contribution in [0.3, 0.4) is 0 Å². The molecule has 8 heteroatoms. The third-order valence-corrected chi connectivity index (χ3v) is 8.23. The minimum Gasteiger partial charge on any atom is -0.472 e. The van der Waals surface area contributed by atoms with E-state index in [2.05, 4.69) is 34.1 Å². The number of carbonyl (C=O) groups excluding carboxylic acids is 2. The van der Waals surface area contributed by atoms with E-state index < -0.39 is 5.60 Å². The van der Waals surface area contributed by atoms with Crippen molar-refractivity contribution in [3.05, 3.63) is 60.1 Å². The van der Waals surface area contributed by atoms with E-state index in [-0.39, 0.29) is 18.0 Å². The van der Waals surface area contributed by atoms with Crippen LogP contribution >= 0.6 is 0 Å². The molecule has 4 heterocycles. The molecule has 38 heavy (non-hydrogen) atoms. The quantitative estimate of drug-likeness (QED) is 0.589. The Morgan fingerprint density at radius 2 is 1.61 bits per heavy atom. The molecule has 206 valence electrons. The average molecular weight is 523 g/mol. The van der Waals surface area contributed by atoms with Crippen molar-refractivity contribution in [3.8, 4) is 0 Å². The summed E-state index contributed by atoms with van der Waals surface area (Å²) in [4.78, 5) is 34.9. The fourth-order valence-corrected chi connectivity index (χ4v) is 6.26. The van der Waals surface area contributed by atoms with Gasteiger partial charge in [-0.1, -0.05) is 30.3 Å². The van der Waals surface area contributed by atoms with Crippen LogP contribution in [0.25, 0.3) is 0 Å². The van der Waals surface area contributed by atoms with Gasteiger partial charge in [0.2, 0.25) is 0 Å². The van der Waals surface area contributed by atoms with Gasteiger partial charge in [-0.2, -0.15) is 0 Å². The molecule has 3 unspecified atom stereocenters. The number of rotatable bonds is 5. The molecule has 0 N–H and O–H groups in total. The zero-order chi connectivity index (χ0) is 26.7. The van der Waals surface area contributed by atoms with Crippen molar-refractivity contribution in [2.45, 2.75) is 70.2 Å². The second-order valence-corrected chi connectivity index (χ2v) is 12.0. The first kappa shape index (κ1) is 26.8. The van der Waals surface area contributed by atoms with E-state index in [0.29, 0.717) is 17.6 Å². The third-order valence-electron chi connectivity index (χ3n) is 8.23. The average Bonchev–Trinajstić information content (AvgIpc) is 3.61. The lowest BCUT2D eigenvalue weighted by atomic mass is 9.91. The molecule has 0 spiro atoms. The summed E-state index contributed by atoms with van der Waals surface area (Å²) in [6, 6.07) is 13.2. The second-order valence-electron chi connectivity index (χ2n) is 12.0. The molecule has 3 saturated heterocycles. The topological polar surface area (TPSA) is 69.5 Å². The maximum Gasteiger partial charge on any atom is 0.410 e. The van der Waals surface area contributed by atoms with Crippen LogP contribution in [0.5, 0.6) is 0 Å². The van der Waals surface area contributed by atoms with Crippen molar-refractivity contribution >= 4 is 12.0 Å².